The van der Waals surface area contributed by atoms with Gasteiger partial charge in [0, 0.05) is 51.4 Å². The van der Waals surface area contributed by atoms with Crippen molar-refractivity contribution < 1.29 is 19.1 Å². The molecule has 0 spiro atoms. The van der Waals surface area contributed by atoms with E-state index in [-0.39, 0.29) is 11.9 Å². The van der Waals surface area contributed by atoms with Crippen molar-refractivity contribution in [2.75, 3.05) is 46.4 Å². The molecule has 1 amide bonds. The lowest BCUT2D eigenvalue weighted by Gasteiger charge is -2.34. The van der Waals surface area contributed by atoms with Crippen molar-refractivity contribution in [3.8, 4) is 5.75 Å². The molecule has 7 heteroatoms. The van der Waals surface area contributed by atoms with E-state index in [0.29, 0.717) is 18.1 Å². The standard InChI is InChI=1S/C29H39N3O4/c1-4-32(5-2)28(33)25-7-6-14-30(20-25)19-23-10-13-27-26(17-23)21-31(15-16-36-27)18-22-8-11-24(12-9-22)29(34)35-3/h8-13,17,25H,4-7,14-16,18-21H2,1-3H3. The Balaban J connectivity index is 1.39. The average Bonchev–Trinajstić information content (AvgIpc) is 3.10. The Kier molecular flexibility index (Phi) is 8.99. The summed E-state index contributed by atoms with van der Waals surface area (Å²) in [5.74, 6) is 1.04. The smallest absolute Gasteiger partial charge is 0.337 e. The third-order valence-electron chi connectivity index (χ3n) is 7.30. The molecule has 1 fully saturated rings. The van der Waals surface area contributed by atoms with E-state index >= 15 is 0 Å². The molecule has 2 aliphatic heterocycles. The Morgan fingerprint density at radius 2 is 1.72 bits per heavy atom. The molecule has 2 aromatic rings. The highest BCUT2D eigenvalue weighted by Crippen LogP contribution is 2.27. The molecule has 2 aliphatic rings. The van der Waals surface area contributed by atoms with Gasteiger partial charge in [0.05, 0.1) is 18.6 Å². The lowest BCUT2D eigenvalue weighted by molar-refractivity contribution is -0.137. The quantitative estimate of drug-likeness (QED) is 0.519. The fourth-order valence-electron chi connectivity index (χ4n) is 5.31. The number of ether oxygens (including phenoxy) is 2. The van der Waals surface area contributed by atoms with Crippen LogP contribution >= 0.6 is 0 Å². The lowest BCUT2D eigenvalue weighted by atomic mass is 9.95. The highest BCUT2D eigenvalue weighted by Gasteiger charge is 2.28. The van der Waals surface area contributed by atoms with E-state index in [4.69, 9.17) is 9.47 Å². The summed E-state index contributed by atoms with van der Waals surface area (Å²) >= 11 is 0. The summed E-state index contributed by atoms with van der Waals surface area (Å²) in [6.45, 7) is 11.5. The number of benzene rings is 2. The van der Waals surface area contributed by atoms with E-state index in [1.807, 2.05) is 29.2 Å². The molecule has 0 bridgehead atoms. The molecular weight excluding hydrogens is 454 g/mol. The average molecular weight is 494 g/mol. The summed E-state index contributed by atoms with van der Waals surface area (Å²) in [6, 6.07) is 14.1. The first-order chi connectivity index (χ1) is 17.5. The van der Waals surface area contributed by atoms with E-state index in [2.05, 4.69) is 41.8 Å². The number of esters is 1. The van der Waals surface area contributed by atoms with Gasteiger partial charge in [-0.2, -0.15) is 0 Å². The van der Waals surface area contributed by atoms with Gasteiger partial charge in [-0.15, -0.1) is 0 Å². The molecule has 1 unspecified atom stereocenters. The summed E-state index contributed by atoms with van der Waals surface area (Å²) in [4.78, 5) is 31.4. The topological polar surface area (TPSA) is 62.3 Å². The zero-order valence-electron chi connectivity index (χ0n) is 21.9. The molecule has 1 saturated heterocycles. The monoisotopic (exact) mass is 493 g/mol. The molecule has 36 heavy (non-hydrogen) atoms. The Morgan fingerprint density at radius 3 is 2.44 bits per heavy atom. The second-order valence-corrected chi connectivity index (χ2v) is 9.77. The molecule has 4 rings (SSSR count). The number of nitrogens with zero attached hydrogens (tertiary/aromatic N) is 3. The molecular formula is C29H39N3O4. The van der Waals surface area contributed by atoms with Crippen molar-refractivity contribution in [1.29, 1.82) is 0 Å². The van der Waals surface area contributed by atoms with Gasteiger partial charge < -0.3 is 14.4 Å². The third kappa shape index (κ3) is 6.45. The van der Waals surface area contributed by atoms with Gasteiger partial charge in [-0.3, -0.25) is 14.6 Å². The maximum absolute atomic E-state index is 12.9. The number of amides is 1. The van der Waals surface area contributed by atoms with Crippen LogP contribution in [-0.4, -0.2) is 73.0 Å². The van der Waals surface area contributed by atoms with Crippen LogP contribution in [0.15, 0.2) is 42.5 Å². The largest absolute Gasteiger partial charge is 0.492 e. The Bertz CT molecular complexity index is 1040. The first-order valence-electron chi connectivity index (χ1n) is 13.2. The molecule has 1 atom stereocenters. The fourth-order valence-corrected chi connectivity index (χ4v) is 5.31. The Morgan fingerprint density at radius 1 is 1.00 bits per heavy atom. The van der Waals surface area contributed by atoms with Crippen LogP contribution in [0.3, 0.4) is 0 Å². The van der Waals surface area contributed by atoms with Gasteiger partial charge in [-0.25, -0.2) is 4.79 Å². The summed E-state index contributed by atoms with van der Waals surface area (Å²) in [5, 5.41) is 0. The lowest BCUT2D eigenvalue weighted by Crippen LogP contribution is -2.44. The predicted molar refractivity (Wildman–Crippen MR) is 140 cm³/mol. The first-order valence-corrected chi connectivity index (χ1v) is 13.2. The zero-order chi connectivity index (χ0) is 25.5. The van der Waals surface area contributed by atoms with Crippen molar-refractivity contribution in [3.05, 3.63) is 64.7 Å². The highest BCUT2D eigenvalue weighted by molar-refractivity contribution is 5.89. The number of hydrogen-bond acceptors (Lipinski definition) is 6. The van der Waals surface area contributed by atoms with Crippen LogP contribution in [0.1, 0.15) is 53.7 Å². The Hall–Kier alpha value is -2.90. The molecule has 0 aromatic heterocycles. The fraction of sp³-hybridized carbons (Fsp3) is 0.517. The number of carbonyl (C=O) groups is 2. The molecule has 194 valence electrons. The summed E-state index contributed by atoms with van der Waals surface area (Å²) < 4.78 is 10.9. The van der Waals surface area contributed by atoms with Crippen molar-refractivity contribution in [3.63, 3.8) is 0 Å². The molecule has 0 radical (unpaired) electrons. The highest BCUT2D eigenvalue weighted by atomic mass is 16.5. The van der Waals surface area contributed by atoms with E-state index in [1.54, 1.807) is 0 Å². The van der Waals surface area contributed by atoms with Gasteiger partial charge in [0.15, 0.2) is 0 Å². The van der Waals surface area contributed by atoms with Crippen LogP contribution in [0.5, 0.6) is 5.75 Å². The molecule has 0 N–H and O–H groups in total. The van der Waals surface area contributed by atoms with Gasteiger partial charge in [-0.1, -0.05) is 18.2 Å². The Labute approximate surface area is 215 Å². The number of fused-ring (bicyclic) bond motifs is 1. The molecule has 7 nitrogen and oxygen atoms in total. The van der Waals surface area contributed by atoms with Crippen LogP contribution in [0.2, 0.25) is 0 Å². The molecule has 2 heterocycles. The number of carbonyl (C=O) groups excluding carboxylic acids is 2. The van der Waals surface area contributed by atoms with Crippen LogP contribution in [0.4, 0.5) is 0 Å². The predicted octanol–water partition coefficient (Wildman–Crippen LogP) is 3.95. The summed E-state index contributed by atoms with van der Waals surface area (Å²) in [5.41, 5.74) is 4.18. The van der Waals surface area contributed by atoms with Crippen LogP contribution in [0, 0.1) is 5.92 Å². The second kappa shape index (κ2) is 12.4. The minimum absolute atomic E-state index is 0.101. The van der Waals surface area contributed by atoms with Crippen molar-refractivity contribution in [2.24, 2.45) is 5.92 Å². The summed E-state index contributed by atoms with van der Waals surface area (Å²) in [6.07, 6.45) is 2.05. The van der Waals surface area contributed by atoms with E-state index < -0.39 is 0 Å². The van der Waals surface area contributed by atoms with Gasteiger partial charge in [-0.05, 0) is 68.6 Å². The number of likely N-dealkylation sites (tertiary alicyclic amines) is 1. The number of rotatable bonds is 8. The van der Waals surface area contributed by atoms with Crippen LogP contribution < -0.4 is 4.74 Å². The summed E-state index contributed by atoms with van der Waals surface area (Å²) in [7, 11) is 1.40. The van der Waals surface area contributed by atoms with Gasteiger partial charge in [0.25, 0.3) is 0 Å². The van der Waals surface area contributed by atoms with E-state index in [0.717, 1.165) is 76.5 Å². The third-order valence-corrected chi connectivity index (χ3v) is 7.30. The van der Waals surface area contributed by atoms with Crippen molar-refractivity contribution in [2.45, 2.75) is 46.3 Å². The molecule has 2 aromatic carbocycles. The first kappa shape index (κ1) is 26.2. The van der Waals surface area contributed by atoms with Crippen LogP contribution in [0.25, 0.3) is 0 Å². The van der Waals surface area contributed by atoms with E-state index in [9.17, 15) is 9.59 Å². The SMILES string of the molecule is CCN(CC)C(=O)C1CCCN(Cc2ccc3c(c2)CN(Cc2ccc(C(=O)OC)cc2)CCO3)C1. The maximum atomic E-state index is 12.9. The zero-order valence-corrected chi connectivity index (χ0v) is 21.9. The number of piperidine rings is 1. The van der Waals surface area contributed by atoms with E-state index in [1.165, 1.54) is 18.2 Å². The maximum Gasteiger partial charge on any atom is 0.337 e. The number of hydrogen-bond donors (Lipinski definition) is 0. The van der Waals surface area contributed by atoms with Crippen molar-refractivity contribution in [1.82, 2.24) is 14.7 Å². The van der Waals surface area contributed by atoms with Gasteiger partial charge in [0.2, 0.25) is 5.91 Å². The van der Waals surface area contributed by atoms with Crippen molar-refractivity contribution >= 4 is 11.9 Å². The van der Waals surface area contributed by atoms with Crippen LogP contribution in [-0.2, 0) is 29.2 Å². The second-order valence-electron chi connectivity index (χ2n) is 9.77. The minimum Gasteiger partial charge on any atom is -0.492 e. The molecule has 0 saturated carbocycles. The van der Waals surface area contributed by atoms with Gasteiger partial charge >= 0.3 is 5.97 Å². The molecule has 0 aliphatic carbocycles. The number of methoxy groups -OCH3 is 1. The normalized spacial score (nSPS) is 18.6. The minimum atomic E-state index is -0.316. The van der Waals surface area contributed by atoms with Gasteiger partial charge in [0.1, 0.15) is 12.4 Å².